The number of rotatable bonds is 3. The van der Waals surface area contributed by atoms with Crippen LogP contribution in [0.25, 0.3) is 0 Å². The second-order valence-electron chi connectivity index (χ2n) is 5.52. The van der Waals surface area contributed by atoms with E-state index in [1.165, 1.54) is 5.56 Å². The molecule has 0 amide bonds. The fraction of sp³-hybridized carbons (Fsp3) is 0.500. The van der Waals surface area contributed by atoms with Gasteiger partial charge in [-0.2, -0.15) is 0 Å². The van der Waals surface area contributed by atoms with Crippen molar-refractivity contribution in [3.8, 4) is 5.75 Å². The van der Waals surface area contributed by atoms with Gasteiger partial charge < -0.3 is 9.64 Å². The molecule has 0 radical (unpaired) electrons. The Kier molecular flexibility index (Phi) is 3.95. The maximum Gasteiger partial charge on any atom is 0.119 e. The smallest absolute Gasteiger partial charge is 0.119 e. The zero-order valence-corrected chi connectivity index (χ0v) is 11.8. The van der Waals surface area contributed by atoms with Gasteiger partial charge in [-0.15, -0.1) is 0 Å². The normalized spacial score (nSPS) is 23.5. The van der Waals surface area contributed by atoms with Gasteiger partial charge in [0.05, 0.1) is 6.10 Å². The number of allylic oxidation sites excluding steroid dienone is 1. The molecule has 0 N–H and O–H groups in total. The van der Waals surface area contributed by atoms with E-state index in [1.54, 1.807) is 0 Å². The van der Waals surface area contributed by atoms with Gasteiger partial charge in [-0.1, -0.05) is 25.1 Å². The SMILES string of the molecule is CC(C)Oc1cccc(C2C=CN(C)C[C@@H]2C)c1. The molecule has 1 unspecified atom stereocenters. The predicted molar refractivity (Wildman–Crippen MR) is 75.9 cm³/mol. The summed E-state index contributed by atoms with van der Waals surface area (Å²) in [5.41, 5.74) is 1.35. The first-order chi connectivity index (χ1) is 8.56. The van der Waals surface area contributed by atoms with E-state index in [9.17, 15) is 0 Å². The Labute approximate surface area is 110 Å². The molecule has 98 valence electrons. The second kappa shape index (κ2) is 5.47. The Morgan fingerprint density at radius 3 is 2.78 bits per heavy atom. The van der Waals surface area contributed by atoms with E-state index in [1.807, 2.05) is 6.07 Å². The Bertz CT molecular complexity index is 425. The first-order valence-corrected chi connectivity index (χ1v) is 6.71. The number of ether oxygens (including phenoxy) is 1. The summed E-state index contributed by atoms with van der Waals surface area (Å²) in [5, 5.41) is 0. The molecule has 1 heterocycles. The Morgan fingerprint density at radius 1 is 1.33 bits per heavy atom. The molecule has 1 aromatic carbocycles. The lowest BCUT2D eigenvalue weighted by atomic mass is 9.85. The molecule has 0 aromatic heterocycles. The summed E-state index contributed by atoms with van der Waals surface area (Å²) in [5.74, 6) is 2.10. The molecule has 18 heavy (non-hydrogen) atoms. The van der Waals surface area contributed by atoms with Gasteiger partial charge >= 0.3 is 0 Å². The zero-order valence-electron chi connectivity index (χ0n) is 11.8. The van der Waals surface area contributed by atoms with Crippen molar-refractivity contribution in [1.29, 1.82) is 0 Å². The molecular weight excluding hydrogens is 222 g/mol. The van der Waals surface area contributed by atoms with Gasteiger partial charge in [0.25, 0.3) is 0 Å². The minimum Gasteiger partial charge on any atom is -0.491 e. The van der Waals surface area contributed by atoms with E-state index in [0.29, 0.717) is 11.8 Å². The Morgan fingerprint density at radius 2 is 2.11 bits per heavy atom. The number of benzene rings is 1. The van der Waals surface area contributed by atoms with Crippen molar-refractivity contribution < 1.29 is 4.74 Å². The molecule has 2 rings (SSSR count). The van der Waals surface area contributed by atoms with E-state index in [0.717, 1.165) is 12.3 Å². The molecule has 0 aliphatic carbocycles. The van der Waals surface area contributed by atoms with Crippen molar-refractivity contribution in [2.75, 3.05) is 13.6 Å². The summed E-state index contributed by atoms with van der Waals surface area (Å²) in [7, 11) is 2.13. The summed E-state index contributed by atoms with van der Waals surface area (Å²) in [4.78, 5) is 2.25. The monoisotopic (exact) mass is 245 g/mol. The second-order valence-corrected chi connectivity index (χ2v) is 5.52. The van der Waals surface area contributed by atoms with Crippen LogP contribution >= 0.6 is 0 Å². The van der Waals surface area contributed by atoms with Crippen LogP contribution in [-0.4, -0.2) is 24.6 Å². The van der Waals surface area contributed by atoms with Crippen molar-refractivity contribution in [1.82, 2.24) is 4.90 Å². The highest BCUT2D eigenvalue weighted by molar-refractivity contribution is 5.34. The molecule has 0 fully saturated rings. The maximum absolute atomic E-state index is 5.77. The van der Waals surface area contributed by atoms with Crippen molar-refractivity contribution in [3.63, 3.8) is 0 Å². The van der Waals surface area contributed by atoms with Crippen LogP contribution in [0.5, 0.6) is 5.75 Å². The number of nitrogens with zero attached hydrogens (tertiary/aromatic N) is 1. The summed E-state index contributed by atoms with van der Waals surface area (Å²) < 4.78 is 5.77. The molecule has 1 aliphatic heterocycles. The van der Waals surface area contributed by atoms with Crippen LogP contribution in [-0.2, 0) is 0 Å². The summed E-state index contributed by atoms with van der Waals surface area (Å²) in [6.45, 7) is 7.53. The van der Waals surface area contributed by atoms with Gasteiger partial charge in [0.15, 0.2) is 0 Å². The molecule has 2 heteroatoms. The van der Waals surface area contributed by atoms with E-state index in [4.69, 9.17) is 4.74 Å². The summed E-state index contributed by atoms with van der Waals surface area (Å²) >= 11 is 0. The van der Waals surface area contributed by atoms with Crippen molar-refractivity contribution in [3.05, 3.63) is 42.1 Å². The molecule has 0 spiro atoms. The van der Waals surface area contributed by atoms with E-state index < -0.39 is 0 Å². The largest absolute Gasteiger partial charge is 0.491 e. The van der Waals surface area contributed by atoms with Crippen molar-refractivity contribution >= 4 is 0 Å². The highest BCUT2D eigenvalue weighted by Gasteiger charge is 2.21. The van der Waals surface area contributed by atoms with Gasteiger partial charge in [0, 0.05) is 19.5 Å². The molecule has 2 atom stereocenters. The standard InChI is InChI=1S/C16H23NO/c1-12(2)18-15-7-5-6-14(10-15)16-8-9-17(4)11-13(16)3/h5-10,12-13,16H,11H2,1-4H3/t13-,16?/m0/s1. The third-order valence-corrected chi connectivity index (χ3v) is 3.35. The van der Waals surface area contributed by atoms with Gasteiger partial charge in [0.2, 0.25) is 0 Å². The minimum absolute atomic E-state index is 0.228. The first kappa shape index (κ1) is 13.0. The minimum atomic E-state index is 0.228. The molecule has 2 nitrogen and oxygen atoms in total. The average molecular weight is 245 g/mol. The lowest BCUT2D eigenvalue weighted by Gasteiger charge is -2.31. The van der Waals surface area contributed by atoms with Crippen LogP contribution in [0.3, 0.4) is 0 Å². The van der Waals surface area contributed by atoms with Crippen LogP contribution in [0.2, 0.25) is 0 Å². The van der Waals surface area contributed by atoms with Crippen molar-refractivity contribution in [2.24, 2.45) is 5.92 Å². The summed E-state index contributed by atoms with van der Waals surface area (Å²) in [6.07, 6.45) is 4.70. The Hall–Kier alpha value is -1.44. The lowest BCUT2D eigenvalue weighted by Crippen LogP contribution is -2.27. The molecule has 1 aromatic rings. The predicted octanol–water partition coefficient (Wildman–Crippen LogP) is 3.65. The van der Waals surface area contributed by atoms with Crippen LogP contribution in [0, 0.1) is 5.92 Å². The topological polar surface area (TPSA) is 12.5 Å². The maximum atomic E-state index is 5.77. The highest BCUT2D eigenvalue weighted by atomic mass is 16.5. The molecule has 0 bridgehead atoms. The Balaban J connectivity index is 2.20. The molecule has 0 saturated carbocycles. The number of hydrogen-bond acceptors (Lipinski definition) is 2. The first-order valence-electron chi connectivity index (χ1n) is 6.71. The van der Waals surface area contributed by atoms with Crippen molar-refractivity contribution in [2.45, 2.75) is 32.8 Å². The fourth-order valence-corrected chi connectivity index (χ4v) is 2.57. The van der Waals surface area contributed by atoms with Gasteiger partial charge in [-0.25, -0.2) is 0 Å². The molecule has 0 saturated heterocycles. The average Bonchev–Trinajstić information content (AvgIpc) is 2.28. The third kappa shape index (κ3) is 3.06. The van der Waals surface area contributed by atoms with Crippen LogP contribution < -0.4 is 4.74 Å². The lowest BCUT2D eigenvalue weighted by molar-refractivity contribution is 0.242. The van der Waals surface area contributed by atoms with Gasteiger partial charge in [-0.05, 0) is 43.7 Å². The third-order valence-electron chi connectivity index (χ3n) is 3.35. The van der Waals surface area contributed by atoms with Crippen LogP contribution in [0.4, 0.5) is 0 Å². The number of hydrogen-bond donors (Lipinski definition) is 0. The summed E-state index contributed by atoms with van der Waals surface area (Å²) in [6, 6.07) is 8.50. The van der Waals surface area contributed by atoms with E-state index in [2.05, 4.69) is 63.2 Å². The highest BCUT2D eigenvalue weighted by Crippen LogP contribution is 2.31. The zero-order chi connectivity index (χ0) is 13.1. The fourth-order valence-electron chi connectivity index (χ4n) is 2.57. The molecule has 1 aliphatic rings. The van der Waals surface area contributed by atoms with E-state index >= 15 is 0 Å². The van der Waals surface area contributed by atoms with Crippen LogP contribution in [0.1, 0.15) is 32.3 Å². The quantitative estimate of drug-likeness (QED) is 0.806. The van der Waals surface area contributed by atoms with Crippen LogP contribution in [0.15, 0.2) is 36.5 Å². The van der Waals surface area contributed by atoms with Gasteiger partial charge in [0.1, 0.15) is 5.75 Å². The van der Waals surface area contributed by atoms with E-state index in [-0.39, 0.29) is 6.10 Å². The van der Waals surface area contributed by atoms with Gasteiger partial charge in [-0.3, -0.25) is 0 Å². The molecular formula is C16H23NO.